The molecule has 5 heteroatoms. The van der Waals surface area contributed by atoms with Crippen molar-refractivity contribution in [2.45, 2.75) is 26.1 Å². The fraction of sp³-hybridized carbons (Fsp3) is 0.412. The van der Waals surface area contributed by atoms with E-state index < -0.39 is 29.4 Å². The molecule has 0 spiro atoms. The smallest absolute Gasteiger partial charge is 0.328 e. The largest absolute Gasteiger partial charge is 0.465 e. The summed E-state index contributed by atoms with van der Waals surface area (Å²) in [6.07, 6.45) is 1.18. The lowest BCUT2D eigenvalue weighted by atomic mass is 9.70. The number of ether oxygens (including phenoxy) is 2. The van der Waals surface area contributed by atoms with Gasteiger partial charge in [-0.2, -0.15) is 0 Å². The van der Waals surface area contributed by atoms with Crippen molar-refractivity contribution in [3.05, 3.63) is 47.5 Å². The molecule has 22 heavy (non-hydrogen) atoms. The SMILES string of the molecule is CC1=C[C@H](O)[C@@H]2CCOC(=O)[C@]12C(=O)OCc1ccccc1. The van der Waals surface area contributed by atoms with Crippen LogP contribution in [0.1, 0.15) is 18.9 Å². The first-order chi connectivity index (χ1) is 10.6. The Morgan fingerprint density at radius 1 is 1.41 bits per heavy atom. The quantitative estimate of drug-likeness (QED) is 0.521. The van der Waals surface area contributed by atoms with Crippen LogP contribution in [0.15, 0.2) is 42.0 Å². The number of cyclic esters (lactones) is 1. The number of fused-ring (bicyclic) bond motifs is 1. The Morgan fingerprint density at radius 3 is 2.86 bits per heavy atom. The van der Waals surface area contributed by atoms with Crippen LogP contribution in [-0.4, -0.2) is 29.8 Å². The molecular formula is C17H18O5. The molecule has 5 nitrogen and oxygen atoms in total. The van der Waals surface area contributed by atoms with Gasteiger partial charge in [-0.3, -0.25) is 9.59 Å². The van der Waals surface area contributed by atoms with E-state index >= 15 is 0 Å². The molecule has 1 heterocycles. The Morgan fingerprint density at radius 2 is 2.14 bits per heavy atom. The zero-order valence-electron chi connectivity index (χ0n) is 12.3. The first-order valence-corrected chi connectivity index (χ1v) is 7.32. The molecule has 1 saturated heterocycles. The zero-order chi connectivity index (χ0) is 15.7. The molecule has 0 unspecified atom stereocenters. The molecule has 0 bridgehead atoms. The normalized spacial score (nSPS) is 30.3. The number of hydrogen-bond acceptors (Lipinski definition) is 5. The van der Waals surface area contributed by atoms with E-state index in [1.807, 2.05) is 30.3 Å². The predicted octanol–water partition coefficient (Wildman–Crippen LogP) is 1.60. The fourth-order valence-corrected chi connectivity index (χ4v) is 3.38. The lowest BCUT2D eigenvalue weighted by Crippen LogP contribution is -2.52. The number of aliphatic hydroxyl groups is 1. The van der Waals surface area contributed by atoms with Crippen molar-refractivity contribution in [3.8, 4) is 0 Å². The maximum Gasteiger partial charge on any atom is 0.328 e. The number of carbonyl (C=O) groups is 2. The average molecular weight is 302 g/mol. The summed E-state index contributed by atoms with van der Waals surface area (Å²) >= 11 is 0. The van der Waals surface area contributed by atoms with Gasteiger partial charge in [-0.15, -0.1) is 0 Å². The minimum Gasteiger partial charge on any atom is -0.465 e. The van der Waals surface area contributed by atoms with Gasteiger partial charge in [-0.25, -0.2) is 0 Å². The second kappa shape index (κ2) is 5.57. The van der Waals surface area contributed by atoms with E-state index in [2.05, 4.69) is 0 Å². The minimum atomic E-state index is -1.49. The van der Waals surface area contributed by atoms with E-state index in [1.165, 1.54) is 0 Å². The molecule has 1 aromatic rings. The van der Waals surface area contributed by atoms with Crippen LogP contribution >= 0.6 is 0 Å². The predicted molar refractivity (Wildman–Crippen MR) is 77.5 cm³/mol. The Bertz CT molecular complexity index is 621. The van der Waals surface area contributed by atoms with Crippen LogP contribution in [0, 0.1) is 11.3 Å². The highest BCUT2D eigenvalue weighted by Crippen LogP contribution is 2.49. The molecule has 1 aliphatic carbocycles. The van der Waals surface area contributed by atoms with Gasteiger partial charge in [0, 0.05) is 5.92 Å². The van der Waals surface area contributed by atoms with Gasteiger partial charge in [0.15, 0.2) is 5.41 Å². The molecule has 1 fully saturated rings. The molecule has 3 rings (SSSR count). The van der Waals surface area contributed by atoms with Crippen LogP contribution in [0.25, 0.3) is 0 Å². The number of benzene rings is 1. The summed E-state index contributed by atoms with van der Waals surface area (Å²) in [4.78, 5) is 25.0. The molecule has 1 aromatic carbocycles. The number of hydrogen-bond donors (Lipinski definition) is 1. The maximum absolute atomic E-state index is 12.7. The van der Waals surface area contributed by atoms with Crippen molar-refractivity contribution in [1.82, 2.24) is 0 Å². The van der Waals surface area contributed by atoms with Crippen molar-refractivity contribution in [3.63, 3.8) is 0 Å². The molecule has 0 aromatic heterocycles. The van der Waals surface area contributed by atoms with Crippen molar-refractivity contribution in [1.29, 1.82) is 0 Å². The second-order valence-electron chi connectivity index (χ2n) is 5.74. The molecule has 3 atom stereocenters. The van der Waals surface area contributed by atoms with Gasteiger partial charge in [0.05, 0.1) is 12.7 Å². The van der Waals surface area contributed by atoms with Crippen molar-refractivity contribution >= 4 is 11.9 Å². The first kappa shape index (κ1) is 14.8. The first-order valence-electron chi connectivity index (χ1n) is 7.32. The third kappa shape index (κ3) is 2.13. The number of aliphatic hydroxyl groups excluding tert-OH is 1. The fourth-order valence-electron chi connectivity index (χ4n) is 3.38. The third-order valence-electron chi connectivity index (χ3n) is 4.53. The summed E-state index contributed by atoms with van der Waals surface area (Å²) < 4.78 is 10.5. The number of rotatable bonds is 3. The van der Waals surface area contributed by atoms with Gasteiger partial charge in [-0.05, 0) is 24.5 Å². The third-order valence-corrected chi connectivity index (χ3v) is 4.53. The van der Waals surface area contributed by atoms with Gasteiger partial charge < -0.3 is 14.6 Å². The summed E-state index contributed by atoms with van der Waals surface area (Å²) in [5.41, 5.74) is -0.146. The van der Waals surface area contributed by atoms with E-state index in [-0.39, 0.29) is 13.2 Å². The van der Waals surface area contributed by atoms with Gasteiger partial charge in [0.1, 0.15) is 6.61 Å². The maximum atomic E-state index is 12.7. The van der Waals surface area contributed by atoms with Crippen LogP contribution in [0.5, 0.6) is 0 Å². The van der Waals surface area contributed by atoms with Crippen LogP contribution < -0.4 is 0 Å². The highest BCUT2D eigenvalue weighted by molar-refractivity contribution is 6.05. The average Bonchev–Trinajstić information content (AvgIpc) is 2.79. The Kier molecular flexibility index (Phi) is 3.74. The van der Waals surface area contributed by atoms with Gasteiger partial charge in [-0.1, -0.05) is 36.4 Å². The molecule has 116 valence electrons. The second-order valence-corrected chi connectivity index (χ2v) is 5.74. The van der Waals surface area contributed by atoms with Gasteiger partial charge in [0.25, 0.3) is 0 Å². The van der Waals surface area contributed by atoms with Crippen LogP contribution in [0.2, 0.25) is 0 Å². The van der Waals surface area contributed by atoms with E-state index in [4.69, 9.17) is 9.47 Å². The molecule has 2 aliphatic rings. The van der Waals surface area contributed by atoms with Crippen LogP contribution in [0.3, 0.4) is 0 Å². The van der Waals surface area contributed by atoms with E-state index in [0.717, 1.165) is 5.56 Å². The standard InChI is InChI=1S/C17H18O5/c1-11-9-14(18)13-7-8-21-15(19)17(11,13)16(20)22-10-12-5-3-2-4-6-12/h2-6,9,13-14,18H,7-8,10H2,1H3/t13-,14-,17-/m0/s1. The van der Waals surface area contributed by atoms with Gasteiger partial charge in [0.2, 0.25) is 0 Å². The van der Waals surface area contributed by atoms with Crippen LogP contribution in [-0.2, 0) is 25.7 Å². The van der Waals surface area contributed by atoms with E-state index in [0.29, 0.717) is 12.0 Å². The van der Waals surface area contributed by atoms with Crippen molar-refractivity contribution in [2.75, 3.05) is 6.61 Å². The lowest BCUT2D eigenvalue weighted by Gasteiger charge is -2.37. The Balaban J connectivity index is 1.84. The number of esters is 2. The molecule has 1 N–H and O–H groups in total. The number of carbonyl (C=O) groups excluding carboxylic acids is 2. The van der Waals surface area contributed by atoms with E-state index in [1.54, 1.807) is 13.0 Å². The van der Waals surface area contributed by atoms with E-state index in [9.17, 15) is 14.7 Å². The summed E-state index contributed by atoms with van der Waals surface area (Å²) in [6, 6.07) is 9.26. The monoisotopic (exact) mass is 302 g/mol. The summed E-state index contributed by atoms with van der Waals surface area (Å²) in [6.45, 7) is 1.97. The minimum absolute atomic E-state index is 0.0881. The zero-order valence-corrected chi connectivity index (χ0v) is 12.3. The van der Waals surface area contributed by atoms with Crippen molar-refractivity contribution in [2.24, 2.45) is 11.3 Å². The lowest BCUT2D eigenvalue weighted by molar-refractivity contribution is -0.182. The summed E-state index contributed by atoms with van der Waals surface area (Å²) in [5.74, 6) is -1.76. The summed E-state index contributed by atoms with van der Waals surface area (Å²) in [5, 5.41) is 10.1. The molecule has 0 radical (unpaired) electrons. The summed E-state index contributed by atoms with van der Waals surface area (Å²) in [7, 11) is 0. The van der Waals surface area contributed by atoms with Crippen molar-refractivity contribution < 1.29 is 24.2 Å². The topological polar surface area (TPSA) is 72.8 Å². The Labute approximate surface area is 128 Å². The molecular weight excluding hydrogens is 284 g/mol. The Hall–Kier alpha value is -2.14. The molecule has 0 saturated carbocycles. The molecule has 0 amide bonds. The molecule has 1 aliphatic heterocycles. The van der Waals surface area contributed by atoms with Crippen LogP contribution in [0.4, 0.5) is 0 Å². The highest BCUT2D eigenvalue weighted by Gasteiger charge is 2.62. The van der Waals surface area contributed by atoms with Gasteiger partial charge >= 0.3 is 11.9 Å². The highest BCUT2D eigenvalue weighted by atomic mass is 16.6.